The minimum Gasteiger partial charge on any atom is -0.508 e. The Morgan fingerprint density at radius 1 is 1.25 bits per heavy atom. The number of hydrogen-bond acceptors (Lipinski definition) is 3. The van der Waals surface area contributed by atoms with Crippen molar-refractivity contribution in [3.63, 3.8) is 0 Å². The van der Waals surface area contributed by atoms with Crippen molar-refractivity contribution >= 4 is 5.96 Å². The van der Waals surface area contributed by atoms with E-state index in [1.165, 1.54) is 5.56 Å². The van der Waals surface area contributed by atoms with Gasteiger partial charge < -0.3 is 20.5 Å². The lowest BCUT2D eigenvalue weighted by atomic mass is 10.1. The molecule has 0 fully saturated rings. The predicted molar refractivity (Wildman–Crippen MR) is 82.3 cm³/mol. The number of aliphatic imine (C=N–C) groups is 1. The normalized spacial score (nSPS) is 11.4. The molecule has 0 aliphatic heterocycles. The Bertz CT molecular complexity index is 391. The van der Waals surface area contributed by atoms with Crippen LogP contribution in [0.1, 0.15) is 18.9 Å². The van der Waals surface area contributed by atoms with Gasteiger partial charge in [0.05, 0.1) is 6.61 Å². The van der Waals surface area contributed by atoms with Gasteiger partial charge in [-0.2, -0.15) is 0 Å². The number of guanidine groups is 1. The van der Waals surface area contributed by atoms with E-state index in [1.807, 2.05) is 19.1 Å². The van der Waals surface area contributed by atoms with Gasteiger partial charge in [-0.25, -0.2) is 0 Å². The average molecular weight is 279 g/mol. The molecule has 3 N–H and O–H groups in total. The lowest BCUT2D eigenvalue weighted by molar-refractivity contribution is 0.203. The third-order valence-corrected chi connectivity index (χ3v) is 2.77. The molecule has 20 heavy (non-hydrogen) atoms. The number of aromatic hydroxyl groups is 1. The molecule has 0 amide bonds. The first kappa shape index (κ1) is 16.3. The molecule has 0 aromatic heterocycles. The number of aryl methyl sites for hydroxylation is 1. The Labute approximate surface area is 121 Å². The van der Waals surface area contributed by atoms with E-state index in [4.69, 9.17) is 4.74 Å². The fourth-order valence-electron chi connectivity index (χ4n) is 1.75. The van der Waals surface area contributed by atoms with Gasteiger partial charge in [0.2, 0.25) is 0 Å². The van der Waals surface area contributed by atoms with Gasteiger partial charge in [0.15, 0.2) is 5.96 Å². The topological polar surface area (TPSA) is 65.9 Å². The van der Waals surface area contributed by atoms with Crippen molar-refractivity contribution in [1.29, 1.82) is 0 Å². The zero-order chi connectivity index (χ0) is 14.6. The molecule has 0 saturated heterocycles. The smallest absolute Gasteiger partial charge is 0.191 e. The van der Waals surface area contributed by atoms with Gasteiger partial charge in [0.1, 0.15) is 5.75 Å². The van der Waals surface area contributed by atoms with E-state index in [9.17, 15) is 5.11 Å². The number of nitrogens with zero attached hydrogens (tertiary/aromatic N) is 1. The van der Waals surface area contributed by atoms with Gasteiger partial charge >= 0.3 is 0 Å². The van der Waals surface area contributed by atoms with Crippen LogP contribution in [0.2, 0.25) is 0 Å². The van der Waals surface area contributed by atoms with Crippen LogP contribution in [0.5, 0.6) is 5.75 Å². The summed E-state index contributed by atoms with van der Waals surface area (Å²) in [5.74, 6) is 1.14. The molecule has 0 aliphatic rings. The highest BCUT2D eigenvalue weighted by molar-refractivity contribution is 5.79. The maximum atomic E-state index is 9.21. The van der Waals surface area contributed by atoms with Crippen LogP contribution in [-0.4, -0.2) is 44.4 Å². The van der Waals surface area contributed by atoms with Crippen molar-refractivity contribution in [2.45, 2.75) is 19.8 Å². The molecular weight excluding hydrogens is 254 g/mol. The summed E-state index contributed by atoms with van der Waals surface area (Å²) in [5.41, 5.74) is 1.22. The van der Waals surface area contributed by atoms with Crippen molar-refractivity contribution in [2.75, 3.05) is 33.4 Å². The van der Waals surface area contributed by atoms with Gasteiger partial charge in [-0.3, -0.25) is 4.99 Å². The molecule has 0 spiro atoms. The van der Waals surface area contributed by atoms with E-state index in [0.29, 0.717) is 12.4 Å². The molecule has 0 unspecified atom stereocenters. The number of phenolic OH excluding ortho intramolecular Hbond substituents is 1. The van der Waals surface area contributed by atoms with E-state index in [-0.39, 0.29) is 0 Å². The molecule has 0 radical (unpaired) electrons. The van der Waals surface area contributed by atoms with Crippen molar-refractivity contribution < 1.29 is 9.84 Å². The average Bonchev–Trinajstić information content (AvgIpc) is 2.45. The summed E-state index contributed by atoms with van der Waals surface area (Å²) in [7, 11) is 1.68. The number of ether oxygens (including phenoxy) is 1. The van der Waals surface area contributed by atoms with Crippen LogP contribution in [0.15, 0.2) is 29.3 Å². The van der Waals surface area contributed by atoms with Crippen molar-refractivity contribution in [3.05, 3.63) is 29.8 Å². The summed E-state index contributed by atoms with van der Waals surface area (Å²) >= 11 is 0. The summed E-state index contributed by atoms with van der Waals surface area (Å²) in [4.78, 5) is 4.51. The summed E-state index contributed by atoms with van der Waals surface area (Å²) in [6.07, 6.45) is 1.94. The molecule has 0 aliphatic carbocycles. The predicted octanol–water partition coefficient (Wildman–Crippen LogP) is 1.53. The van der Waals surface area contributed by atoms with Crippen LogP contribution in [0.25, 0.3) is 0 Å². The van der Waals surface area contributed by atoms with E-state index in [1.54, 1.807) is 19.2 Å². The Kier molecular flexibility index (Phi) is 8.22. The molecular formula is C15H25N3O2. The molecule has 0 heterocycles. The highest BCUT2D eigenvalue weighted by Gasteiger charge is 1.97. The Hall–Kier alpha value is -1.75. The van der Waals surface area contributed by atoms with E-state index in [0.717, 1.165) is 38.4 Å². The van der Waals surface area contributed by atoms with Crippen LogP contribution >= 0.6 is 0 Å². The lowest BCUT2D eigenvalue weighted by Crippen LogP contribution is -2.39. The zero-order valence-corrected chi connectivity index (χ0v) is 12.4. The highest BCUT2D eigenvalue weighted by Crippen LogP contribution is 2.10. The Balaban J connectivity index is 2.30. The quantitative estimate of drug-likeness (QED) is 0.383. The highest BCUT2D eigenvalue weighted by atomic mass is 16.5. The SMILES string of the molecule is CCNC(=NCCCc1ccc(O)cc1)NCCOC. The number of phenols is 1. The molecule has 1 aromatic carbocycles. The van der Waals surface area contributed by atoms with Crippen LogP contribution in [0.3, 0.4) is 0 Å². The van der Waals surface area contributed by atoms with Crippen LogP contribution in [0.4, 0.5) is 0 Å². The number of hydrogen-bond donors (Lipinski definition) is 3. The molecule has 0 bridgehead atoms. The summed E-state index contributed by atoms with van der Waals surface area (Å²) in [6.45, 7) is 5.07. The molecule has 5 heteroatoms. The summed E-state index contributed by atoms with van der Waals surface area (Å²) < 4.78 is 5.00. The van der Waals surface area contributed by atoms with Crippen LogP contribution < -0.4 is 10.6 Å². The van der Waals surface area contributed by atoms with Crippen LogP contribution in [-0.2, 0) is 11.2 Å². The number of rotatable bonds is 8. The number of nitrogens with one attached hydrogen (secondary N) is 2. The largest absolute Gasteiger partial charge is 0.508 e. The number of benzene rings is 1. The monoisotopic (exact) mass is 279 g/mol. The summed E-state index contributed by atoms with van der Waals surface area (Å²) in [6, 6.07) is 7.33. The second-order valence-electron chi connectivity index (χ2n) is 4.45. The summed E-state index contributed by atoms with van der Waals surface area (Å²) in [5, 5.41) is 15.6. The number of methoxy groups -OCH3 is 1. The first-order valence-corrected chi connectivity index (χ1v) is 7.05. The van der Waals surface area contributed by atoms with Crippen LogP contribution in [0, 0.1) is 0 Å². The van der Waals surface area contributed by atoms with Gasteiger partial charge in [0, 0.05) is 26.7 Å². The van der Waals surface area contributed by atoms with Gasteiger partial charge in [0.25, 0.3) is 0 Å². The van der Waals surface area contributed by atoms with Gasteiger partial charge in [-0.15, -0.1) is 0 Å². The van der Waals surface area contributed by atoms with Gasteiger partial charge in [-0.05, 0) is 37.5 Å². The first-order valence-electron chi connectivity index (χ1n) is 7.05. The minimum atomic E-state index is 0.309. The molecule has 0 saturated carbocycles. The third-order valence-electron chi connectivity index (χ3n) is 2.77. The first-order chi connectivity index (χ1) is 9.76. The minimum absolute atomic E-state index is 0.309. The van der Waals surface area contributed by atoms with Crippen molar-refractivity contribution in [1.82, 2.24) is 10.6 Å². The molecule has 1 aromatic rings. The molecule has 0 atom stereocenters. The fraction of sp³-hybridized carbons (Fsp3) is 0.533. The molecule has 1 rings (SSSR count). The lowest BCUT2D eigenvalue weighted by Gasteiger charge is -2.10. The third kappa shape index (κ3) is 6.99. The van der Waals surface area contributed by atoms with E-state index in [2.05, 4.69) is 15.6 Å². The van der Waals surface area contributed by atoms with E-state index >= 15 is 0 Å². The molecule has 5 nitrogen and oxygen atoms in total. The second kappa shape index (κ2) is 10.1. The van der Waals surface area contributed by atoms with E-state index < -0.39 is 0 Å². The van der Waals surface area contributed by atoms with Crippen molar-refractivity contribution in [2.24, 2.45) is 4.99 Å². The Morgan fingerprint density at radius 2 is 2.00 bits per heavy atom. The fourth-order valence-corrected chi connectivity index (χ4v) is 1.75. The maximum absolute atomic E-state index is 9.21. The van der Waals surface area contributed by atoms with Gasteiger partial charge in [-0.1, -0.05) is 12.1 Å². The Morgan fingerprint density at radius 3 is 2.65 bits per heavy atom. The molecule has 112 valence electrons. The van der Waals surface area contributed by atoms with Crippen molar-refractivity contribution in [3.8, 4) is 5.75 Å². The zero-order valence-electron chi connectivity index (χ0n) is 12.4. The maximum Gasteiger partial charge on any atom is 0.191 e. The standard InChI is InChI=1S/C15H25N3O2/c1-3-16-15(18-11-12-20-2)17-10-4-5-13-6-8-14(19)9-7-13/h6-9,19H,3-5,10-12H2,1-2H3,(H2,16,17,18). The second-order valence-corrected chi connectivity index (χ2v) is 4.45.